The number of fused-ring (bicyclic) bond motifs is 1. The minimum Gasteiger partial charge on any atom is -0.469 e. The summed E-state index contributed by atoms with van der Waals surface area (Å²) >= 11 is 0. The molecule has 0 spiro atoms. The van der Waals surface area contributed by atoms with Crippen LogP contribution in [0, 0.1) is 5.92 Å². The molecule has 0 unspecified atom stereocenters. The van der Waals surface area contributed by atoms with Gasteiger partial charge in [0.2, 0.25) is 10.0 Å². The molecule has 0 saturated heterocycles. The summed E-state index contributed by atoms with van der Waals surface area (Å²) in [6.45, 7) is 0. The van der Waals surface area contributed by atoms with Gasteiger partial charge in [-0.2, -0.15) is 0 Å². The Morgan fingerprint density at radius 2 is 1.75 bits per heavy atom. The summed E-state index contributed by atoms with van der Waals surface area (Å²) in [4.78, 5) is 11.9. The number of carbonyl (C=O) groups is 1. The zero-order valence-electron chi connectivity index (χ0n) is 14.6. The second-order valence-corrected chi connectivity index (χ2v) is 7.86. The lowest BCUT2D eigenvalue weighted by molar-refractivity contribution is -0.274. The molecule has 6 nitrogen and oxygen atoms in total. The first kappa shape index (κ1) is 20.2. The largest absolute Gasteiger partial charge is 0.573 e. The number of benzene rings is 2. The van der Waals surface area contributed by atoms with Crippen LogP contribution in [0.2, 0.25) is 0 Å². The van der Waals surface area contributed by atoms with Gasteiger partial charge in [-0.25, -0.2) is 13.1 Å². The van der Waals surface area contributed by atoms with Crippen molar-refractivity contribution in [3.63, 3.8) is 0 Å². The Morgan fingerprint density at radius 3 is 2.36 bits per heavy atom. The maximum atomic E-state index is 12.7. The molecule has 1 aliphatic rings. The highest BCUT2D eigenvalue weighted by molar-refractivity contribution is 7.89. The van der Waals surface area contributed by atoms with Crippen LogP contribution in [0.5, 0.6) is 5.75 Å². The molecule has 0 aliphatic heterocycles. The molecule has 0 fully saturated rings. The van der Waals surface area contributed by atoms with Gasteiger partial charge in [-0.3, -0.25) is 4.79 Å². The van der Waals surface area contributed by atoms with Crippen LogP contribution in [0.15, 0.2) is 53.4 Å². The van der Waals surface area contributed by atoms with Crippen LogP contribution in [0.4, 0.5) is 13.2 Å². The summed E-state index contributed by atoms with van der Waals surface area (Å²) in [7, 11) is -2.90. The number of rotatable bonds is 5. The molecule has 1 N–H and O–H groups in total. The van der Waals surface area contributed by atoms with E-state index in [-0.39, 0.29) is 4.90 Å². The van der Waals surface area contributed by atoms with Gasteiger partial charge in [-0.05, 0) is 41.8 Å². The van der Waals surface area contributed by atoms with E-state index >= 15 is 0 Å². The number of carbonyl (C=O) groups excluding carboxylic acids is 1. The maximum absolute atomic E-state index is 12.7. The van der Waals surface area contributed by atoms with Crippen molar-refractivity contribution in [1.82, 2.24) is 4.72 Å². The highest BCUT2D eigenvalue weighted by Gasteiger charge is 2.40. The second-order valence-electron chi connectivity index (χ2n) is 6.15. The number of hydrogen-bond acceptors (Lipinski definition) is 5. The van der Waals surface area contributed by atoms with Gasteiger partial charge in [-0.1, -0.05) is 24.3 Å². The molecule has 0 bridgehead atoms. The lowest BCUT2D eigenvalue weighted by atomic mass is 10.0. The Kier molecular flexibility index (Phi) is 5.35. The first-order chi connectivity index (χ1) is 13.1. The van der Waals surface area contributed by atoms with Crippen molar-refractivity contribution in [2.24, 2.45) is 5.92 Å². The average molecular weight is 415 g/mol. The van der Waals surface area contributed by atoms with Crippen LogP contribution in [0.3, 0.4) is 0 Å². The second kappa shape index (κ2) is 7.44. The molecular weight excluding hydrogens is 399 g/mol. The molecular formula is C18H16F3NO5S. The molecule has 0 radical (unpaired) electrons. The number of esters is 1. The molecule has 2 aromatic carbocycles. The van der Waals surface area contributed by atoms with Crippen LogP contribution in [0.1, 0.15) is 17.2 Å². The highest BCUT2D eigenvalue weighted by Crippen LogP contribution is 2.38. The quantitative estimate of drug-likeness (QED) is 0.760. The Morgan fingerprint density at radius 1 is 1.11 bits per heavy atom. The molecule has 2 atom stereocenters. The Hall–Kier alpha value is -2.59. The van der Waals surface area contributed by atoms with Crippen molar-refractivity contribution in [1.29, 1.82) is 0 Å². The minimum absolute atomic E-state index is 0.255. The third-order valence-corrected chi connectivity index (χ3v) is 5.84. The third-order valence-electron chi connectivity index (χ3n) is 4.39. The zero-order valence-corrected chi connectivity index (χ0v) is 15.4. The zero-order chi connectivity index (χ0) is 20.5. The van der Waals surface area contributed by atoms with Crippen LogP contribution in [0.25, 0.3) is 0 Å². The van der Waals surface area contributed by atoms with Crippen LogP contribution < -0.4 is 9.46 Å². The molecule has 0 amide bonds. The van der Waals surface area contributed by atoms with Crippen LogP contribution >= 0.6 is 0 Å². The number of ether oxygens (including phenoxy) is 2. The van der Waals surface area contributed by atoms with Gasteiger partial charge in [0, 0.05) is 0 Å². The molecule has 0 aromatic heterocycles. The molecule has 150 valence electrons. The average Bonchev–Trinajstić information content (AvgIpc) is 2.98. The fourth-order valence-corrected chi connectivity index (χ4v) is 4.42. The van der Waals surface area contributed by atoms with Crippen molar-refractivity contribution < 1.29 is 35.9 Å². The molecule has 0 heterocycles. The highest BCUT2D eigenvalue weighted by atomic mass is 32.2. The Bertz CT molecular complexity index is 973. The lowest BCUT2D eigenvalue weighted by Gasteiger charge is -2.20. The van der Waals surface area contributed by atoms with Gasteiger partial charge in [0.25, 0.3) is 0 Å². The van der Waals surface area contributed by atoms with Crippen LogP contribution in [-0.4, -0.2) is 27.9 Å². The number of nitrogens with one attached hydrogen (secondary N) is 1. The predicted molar refractivity (Wildman–Crippen MR) is 91.8 cm³/mol. The fraction of sp³-hybridized carbons (Fsp3) is 0.278. The van der Waals surface area contributed by atoms with Gasteiger partial charge < -0.3 is 9.47 Å². The summed E-state index contributed by atoms with van der Waals surface area (Å²) in [5, 5.41) is 0. The van der Waals surface area contributed by atoms with Gasteiger partial charge in [0.1, 0.15) is 5.75 Å². The van der Waals surface area contributed by atoms with Crippen molar-refractivity contribution in [3.05, 3.63) is 59.7 Å². The molecule has 0 saturated carbocycles. The summed E-state index contributed by atoms with van der Waals surface area (Å²) in [5.41, 5.74) is 1.47. The van der Waals surface area contributed by atoms with Gasteiger partial charge in [0.15, 0.2) is 0 Å². The third kappa shape index (κ3) is 4.28. The predicted octanol–water partition coefficient (Wildman–Crippen LogP) is 2.95. The van der Waals surface area contributed by atoms with E-state index in [1.165, 1.54) is 7.11 Å². The standard InChI is InChI=1S/C18H16F3NO5S/c1-26-17(23)15-10-11-4-2-3-5-14(11)16(15)22-28(24,25)13-8-6-12(7-9-13)27-18(19,20)21/h2-9,15-16,22H,10H2,1H3/t15-,16+/m1/s1. The Balaban J connectivity index is 1.87. The van der Waals surface area contributed by atoms with E-state index in [0.29, 0.717) is 12.0 Å². The number of sulfonamides is 1. The minimum atomic E-state index is -4.88. The van der Waals surface area contributed by atoms with Gasteiger partial charge in [-0.15, -0.1) is 13.2 Å². The fourth-order valence-electron chi connectivity index (χ4n) is 3.17. The summed E-state index contributed by atoms with van der Waals surface area (Å²) in [6.07, 6.45) is -4.56. The maximum Gasteiger partial charge on any atom is 0.573 e. The van der Waals surface area contributed by atoms with Crippen molar-refractivity contribution in [2.45, 2.75) is 23.7 Å². The number of halogens is 3. The number of alkyl halides is 3. The van der Waals surface area contributed by atoms with Crippen LogP contribution in [-0.2, 0) is 26.0 Å². The Labute approximate surface area is 159 Å². The molecule has 10 heteroatoms. The molecule has 3 rings (SSSR count). The van der Waals surface area contributed by atoms with E-state index in [2.05, 4.69) is 9.46 Å². The summed E-state index contributed by atoms with van der Waals surface area (Å²) < 4.78 is 73.2. The van der Waals surface area contributed by atoms with E-state index in [9.17, 15) is 26.4 Å². The molecule has 1 aliphatic carbocycles. The van der Waals surface area contributed by atoms with E-state index in [1.807, 2.05) is 0 Å². The number of hydrogen-bond donors (Lipinski definition) is 1. The first-order valence-corrected chi connectivity index (χ1v) is 9.63. The molecule has 2 aromatic rings. The topological polar surface area (TPSA) is 81.7 Å². The summed E-state index contributed by atoms with van der Waals surface area (Å²) in [5.74, 6) is -1.84. The van der Waals surface area contributed by atoms with Gasteiger partial charge in [0.05, 0.1) is 24.0 Å². The number of methoxy groups -OCH3 is 1. The van der Waals surface area contributed by atoms with E-state index < -0.39 is 40.1 Å². The SMILES string of the molecule is COC(=O)[C@@H]1Cc2ccccc2[C@@H]1NS(=O)(=O)c1ccc(OC(F)(F)F)cc1. The van der Waals surface area contributed by atoms with E-state index in [0.717, 1.165) is 29.8 Å². The van der Waals surface area contributed by atoms with Gasteiger partial charge >= 0.3 is 12.3 Å². The van der Waals surface area contributed by atoms with Crippen molar-refractivity contribution in [2.75, 3.05) is 7.11 Å². The lowest BCUT2D eigenvalue weighted by Crippen LogP contribution is -2.35. The molecule has 28 heavy (non-hydrogen) atoms. The first-order valence-electron chi connectivity index (χ1n) is 8.14. The monoisotopic (exact) mass is 415 g/mol. The van der Waals surface area contributed by atoms with Crippen molar-refractivity contribution >= 4 is 16.0 Å². The smallest absolute Gasteiger partial charge is 0.469 e. The van der Waals surface area contributed by atoms with E-state index in [4.69, 9.17) is 4.74 Å². The summed E-state index contributed by atoms with van der Waals surface area (Å²) in [6, 6.07) is 9.97. The van der Waals surface area contributed by atoms with Crippen molar-refractivity contribution in [3.8, 4) is 5.75 Å². The normalized spacial score (nSPS) is 19.1. The van der Waals surface area contributed by atoms with E-state index in [1.54, 1.807) is 24.3 Å².